The first kappa shape index (κ1) is 10.4. The van der Waals surface area contributed by atoms with Gasteiger partial charge in [0, 0.05) is 24.3 Å². The number of nitrogen functional groups attached to an aromatic ring is 1. The Balaban J connectivity index is 1.98. The average molecular weight is 232 g/mol. The highest BCUT2D eigenvalue weighted by atomic mass is 16.5. The number of esters is 1. The maximum absolute atomic E-state index is 11.7. The van der Waals surface area contributed by atoms with Crippen LogP contribution in [0, 0.1) is 0 Å². The van der Waals surface area contributed by atoms with E-state index in [1.807, 2.05) is 12.1 Å². The van der Waals surface area contributed by atoms with Crippen LogP contribution in [0.15, 0.2) is 18.2 Å². The summed E-state index contributed by atoms with van der Waals surface area (Å²) >= 11 is 0. The van der Waals surface area contributed by atoms with Gasteiger partial charge in [-0.2, -0.15) is 0 Å². The number of cyclic esters (lactones) is 1. The van der Waals surface area contributed by atoms with Crippen LogP contribution in [0.2, 0.25) is 0 Å². The molecule has 0 spiro atoms. The molecule has 17 heavy (non-hydrogen) atoms. The van der Waals surface area contributed by atoms with E-state index in [1.165, 1.54) is 5.56 Å². The molecule has 4 nitrogen and oxygen atoms in total. The summed E-state index contributed by atoms with van der Waals surface area (Å²) in [5.74, 6) is -0.0970. The minimum absolute atomic E-state index is 0.0970. The zero-order valence-corrected chi connectivity index (χ0v) is 9.69. The fraction of sp³-hybridized carbons (Fsp3) is 0.462. The highest BCUT2D eigenvalue weighted by Gasteiger charge is 2.34. The Morgan fingerprint density at radius 2 is 2.29 bits per heavy atom. The van der Waals surface area contributed by atoms with E-state index in [4.69, 9.17) is 10.5 Å². The van der Waals surface area contributed by atoms with Gasteiger partial charge in [-0.3, -0.25) is 0 Å². The van der Waals surface area contributed by atoms with Crippen LogP contribution in [-0.2, 0) is 16.0 Å². The molecule has 1 atom stereocenters. The lowest BCUT2D eigenvalue weighted by atomic mass is 9.99. The molecule has 1 aromatic carbocycles. The zero-order valence-electron chi connectivity index (χ0n) is 9.69. The number of ether oxygens (including phenoxy) is 1. The standard InChI is InChI=1S/C13H16N2O2/c14-10-4-3-9-2-1-6-15(12(9)8-10)11-5-7-17-13(11)16/h3-4,8,11H,1-2,5-7,14H2. The van der Waals surface area contributed by atoms with Gasteiger partial charge >= 0.3 is 5.97 Å². The second-order valence-corrected chi connectivity index (χ2v) is 4.66. The molecule has 0 aliphatic carbocycles. The molecule has 0 saturated carbocycles. The topological polar surface area (TPSA) is 55.6 Å². The number of aryl methyl sites for hydroxylation is 1. The molecule has 0 bridgehead atoms. The summed E-state index contributed by atoms with van der Waals surface area (Å²) in [5.41, 5.74) is 8.98. The third-order valence-electron chi connectivity index (χ3n) is 3.55. The van der Waals surface area contributed by atoms with E-state index < -0.39 is 0 Å². The van der Waals surface area contributed by atoms with Crippen LogP contribution in [0.3, 0.4) is 0 Å². The highest BCUT2D eigenvalue weighted by molar-refractivity contribution is 5.83. The van der Waals surface area contributed by atoms with Crippen molar-refractivity contribution in [1.29, 1.82) is 0 Å². The predicted octanol–water partition coefficient (Wildman–Crippen LogP) is 1.34. The van der Waals surface area contributed by atoms with Crippen molar-refractivity contribution in [3.05, 3.63) is 23.8 Å². The number of nitrogens with two attached hydrogens (primary N) is 1. The van der Waals surface area contributed by atoms with Crippen molar-refractivity contribution in [2.24, 2.45) is 0 Å². The molecule has 0 amide bonds. The first-order valence-corrected chi connectivity index (χ1v) is 6.07. The number of hydrogen-bond acceptors (Lipinski definition) is 4. The van der Waals surface area contributed by atoms with Crippen LogP contribution in [0.5, 0.6) is 0 Å². The summed E-state index contributed by atoms with van der Waals surface area (Å²) in [4.78, 5) is 13.8. The zero-order chi connectivity index (χ0) is 11.8. The van der Waals surface area contributed by atoms with Gasteiger partial charge in [-0.25, -0.2) is 4.79 Å². The van der Waals surface area contributed by atoms with Crippen LogP contribution >= 0.6 is 0 Å². The van der Waals surface area contributed by atoms with Crippen molar-refractivity contribution in [1.82, 2.24) is 0 Å². The molecule has 0 radical (unpaired) electrons. The Kier molecular flexibility index (Phi) is 2.42. The molecule has 1 saturated heterocycles. The minimum atomic E-state index is -0.115. The maximum atomic E-state index is 11.7. The van der Waals surface area contributed by atoms with Gasteiger partial charge in [0.25, 0.3) is 0 Å². The molecule has 0 aromatic heterocycles. The van der Waals surface area contributed by atoms with Gasteiger partial charge in [0.05, 0.1) is 6.61 Å². The van der Waals surface area contributed by atoms with Gasteiger partial charge in [0.1, 0.15) is 6.04 Å². The Morgan fingerprint density at radius 1 is 1.41 bits per heavy atom. The van der Waals surface area contributed by atoms with Gasteiger partial charge < -0.3 is 15.4 Å². The third kappa shape index (κ3) is 1.73. The number of rotatable bonds is 1. The molecule has 2 N–H and O–H groups in total. The summed E-state index contributed by atoms with van der Waals surface area (Å²) in [6.07, 6.45) is 2.93. The second kappa shape index (κ2) is 3.95. The van der Waals surface area contributed by atoms with Crippen molar-refractivity contribution < 1.29 is 9.53 Å². The maximum Gasteiger partial charge on any atom is 0.328 e. The highest BCUT2D eigenvalue weighted by Crippen LogP contribution is 2.32. The van der Waals surface area contributed by atoms with Crippen LogP contribution in [0.1, 0.15) is 18.4 Å². The second-order valence-electron chi connectivity index (χ2n) is 4.66. The quantitative estimate of drug-likeness (QED) is 0.586. The molecule has 1 aromatic rings. The van der Waals surface area contributed by atoms with E-state index in [-0.39, 0.29) is 12.0 Å². The summed E-state index contributed by atoms with van der Waals surface area (Å²) < 4.78 is 5.05. The molecule has 2 aliphatic rings. The monoisotopic (exact) mass is 232 g/mol. The molecule has 4 heteroatoms. The van der Waals surface area contributed by atoms with Crippen LogP contribution in [0.25, 0.3) is 0 Å². The number of anilines is 2. The number of hydrogen-bond donors (Lipinski definition) is 1. The largest absolute Gasteiger partial charge is 0.464 e. The normalized spacial score (nSPS) is 23.4. The first-order chi connectivity index (χ1) is 8.25. The van der Waals surface area contributed by atoms with Crippen molar-refractivity contribution in [2.75, 3.05) is 23.8 Å². The molecule has 1 unspecified atom stereocenters. The summed E-state index contributed by atoms with van der Waals surface area (Å²) in [5, 5.41) is 0. The van der Waals surface area contributed by atoms with E-state index >= 15 is 0 Å². The summed E-state index contributed by atoms with van der Waals surface area (Å²) in [6.45, 7) is 1.45. The Bertz CT molecular complexity index is 459. The predicted molar refractivity (Wildman–Crippen MR) is 65.9 cm³/mol. The van der Waals surface area contributed by atoms with E-state index in [1.54, 1.807) is 0 Å². The van der Waals surface area contributed by atoms with Gasteiger partial charge in [0.15, 0.2) is 0 Å². The lowest BCUT2D eigenvalue weighted by Gasteiger charge is -2.34. The molecule has 90 valence electrons. The van der Waals surface area contributed by atoms with E-state index in [0.717, 1.165) is 37.2 Å². The molecule has 3 rings (SSSR count). The average Bonchev–Trinajstić information content (AvgIpc) is 2.74. The van der Waals surface area contributed by atoms with Crippen molar-refractivity contribution >= 4 is 17.3 Å². The molecular weight excluding hydrogens is 216 g/mol. The summed E-state index contributed by atoms with van der Waals surface area (Å²) in [6, 6.07) is 5.85. The fourth-order valence-electron chi connectivity index (χ4n) is 2.71. The number of benzene rings is 1. The Labute approximate surface area is 100 Å². The first-order valence-electron chi connectivity index (χ1n) is 6.07. The minimum Gasteiger partial charge on any atom is -0.464 e. The number of carbonyl (C=O) groups excluding carboxylic acids is 1. The third-order valence-corrected chi connectivity index (χ3v) is 3.55. The van der Waals surface area contributed by atoms with Crippen LogP contribution in [0.4, 0.5) is 11.4 Å². The van der Waals surface area contributed by atoms with Gasteiger partial charge in [-0.15, -0.1) is 0 Å². The Hall–Kier alpha value is -1.71. The van der Waals surface area contributed by atoms with Crippen LogP contribution in [-0.4, -0.2) is 25.2 Å². The van der Waals surface area contributed by atoms with E-state index in [0.29, 0.717) is 6.61 Å². The smallest absolute Gasteiger partial charge is 0.328 e. The van der Waals surface area contributed by atoms with Crippen LogP contribution < -0.4 is 10.6 Å². The number of carbonyl (C=O) groups is 1. The molecule has 1 fully saturated rings. The van der Waals surface area contributed by atoms with E-state index in [2.05, 4.69) is 11.0 Å². The fourth-order valence-corrected chi connectivity index (χ4v) is 2.71. The lowest BCUT2D eigenvalue weighted by molar-refractivity contribution is -0.139. The van der Waals surface area contributed by atoms with Gasteiger partial charge in [-0.1, -0.05) is 6.07 Å². The summed E-state index contributed by atoms with van der Waals surface area (Å²) in [7, 11) is 0. The van der Waals surface area contributed by atoms with Crippen molar-refractivity contribution in [3.8, 4) is 0 Å². The van der Waals surface area contributed by atoms with Crippen molar-refractivity contribution in [2.45, 2.75) is 25.3 Å². The molecular formula is C13H16N2O2. The number of fused-ring (bicyclic) bond motifs is 1. The van der Waals surface area contributed by atoms with E-state index in [9.17, 15) is 4.79 Å². The Morgan fingerprint density at radius 3 is 3.06 bits per heavy atom. The molecule has 2 heterocycles. The van der Waals surface area contributed by atoms with Crippen molar-refractivity contribution in [3.63, 3.8) is 0 Å². The van der Waals surface area contributed by atoms with Gasteiger partial charge in [-0.05, 0) is 30.5 Å². The SMILES string of the molecule is Nc1ccc2c(c1)N(C1CCOC1=O)CCC2. The van der Waals surface area contributed by atoms with Gasteiger partial charge in [0.2, 0.25) is 0 Å². The number of nitrogens with zero attached hydrogens (tertiary/aromatic N) is 1. The molecule has 2 aliphatic heterocycles. The lowest BCUT2D eigenvalue weighted by Crippen LogP contribution is -2.41.